The molecule has 0 saturated carbocycles. The molecule has 0 N–H and O–H groups in total. The van der Waals surface area contributed by atoms with E-state index in [1.54, 1.807) is 6.92 Å². The molecular weight excluding hydrogens is 286 g/mol. The Balaban J connectivity index is 2.38. The second-order valence-electron chi connectivity index (χ2n) is 7.13. The van der Waals surface area contributed by atoms with Crippen LogP contribution in [0.4, 0.5) is 0 Å². The van der Waals surface area contributed by atoms with Gasteiger partial charge in [0.15, 0.2) is 11.6 Å². The van der Waals surface area contributed by atoms with Crippen LogP contribution in [0.5, 0.6) is 0 Å². The van der Waals surface area contributed by atoms with Crippen molar-refractivity contribution >= 4 is 11.6 Å². The standard InChI is InChI=1S/C20H21NO2/c1-12-17(13(2)22)18(14-8-6-5-7-9-14)19-15(21-12)10-20(3,4)11-16(19)23/h5-9H,10-11H2,1-4H3. The number of ketones is 2. The highest BCUT2D eigenvalue weighted by atomic mass is 16.1. The summed E-state index contributed by atoms with van der Waals surface area (Å²) in [4.78, 5) is 29.7. The summed E-state index contributed by atoms with van der Waals surface area (Å²) in [7, 11) is 0. The maximum Gasteiger partial charge on any atom is 0.165 e. The first-order chi connectivity index (χ1) is 10.8. The van der Waals surface area contributed by atoms with Gasteiger partial charge in [0.2, 0.25) is 0 Å². The molecule has 0 amide bonds. The lowest BCUT2D eigenvalue weighted by molar-refractivity contribution is 0.0911. The van der Waals surface area contributed by atoms with Gasteiger partial charge in [-0.2, -0.15) is 0 Å². The van der Waals surface area contributed by atoms with E-state index in [2.05, 4.69) is 18.8 Å². The molecule has 0 radical (unpaired) electrons. The monoisotopic (exact) mass is 307 g/mol. The minimum absolute atomic E-state index is 0.0470. The van der Waals surface area contributed by atoms with Crippen LogP contribution in [-0.2, 0) is 6.42 Å². The third kappa shape index (κ3) is 2.72. The van der Waals surface area contributed by atoms with E-state index in [-0.39, 0.29) is 17.0 Å². The molecule has 1 heterocycles. The van der Waals surface area contributed by atoms with Crippen molar-refractivity contribution in [3.8, 4) is 11.1 Å². The molecule has 3 nitrogen and oxygen atoms in total. The van der Waals surface area contributed by atoms with Crippen molar-refractivity contribution in [3.05, 3.63) is 52.8 Å². The molecule has 1 aliphatic carbocycles. The van der Waals surface area contributed by atoms with Gasteiger partial charge in [-0.1, -0.05) is 44.2 Å². The van der Waals surface area contributed by atoms with Gasteiger partial charge in [0.05, 0.1) is 5.69 Å². The topological polar surface area (TPSA) is 47.0 Å². The Labute approximate surface area is 136 Å². The Kier molecular flexibility index (Phi) is 3.67. The van der Waals surface area contributed by atoms with E-state index in [0.29, 0.717) is 23.2 Å². The Morgan fingerprint density at radius 2 is 1.74 bits per heavy atom. The van der Waals surface area contributed by atoms with Crippen LogP contribution < -0.4 is 0 Å². The molecule has 0 fully saturated rings. The minimum atomic E-state index is -0.0881. The highest BCUT2D eigenvalue weighted by Crippen LogP contribution is 2.40. The molecule has 2 aromatic rings. The predicted molar refractivity (Wildman–Crippen MR) is 90.8 cm³/mol. The van der Waals surface area contributed by atoms with Gasteiger partial charge in [-0.05, 0) is 31.2 Å². The lowest BCUT2D eigenvalue weighted by Crippen LogP contribution is -2.29. The minimum Gasteiger partial charge on any atom is -0.294 e. The van der Waals surface area contributed by atoms with Crippen molar-refractivity contribution < 1.29 is 9.59 Å². The maximum absolute atomic E-state index is 12.8. The SMILES string of the molecule is CC(=O)c1c(C)nc2c(c1-c1ccccc1)C(=O)CC(C)(C)C2. The zero-order valence-electron chi connectivity index (χ0n) is 14.1. The van der Waals surface area contributed by atoms with Gasteiger partial charge in [0, 0.05) is 28.8 Å². The summed E-state index contributed by atoms with van der Waals surface area (Å²) in [6.45, 7) is 7.58. The summed E-state index contributed by atoms with van der Waals surface area (Å²) < 4.78 is 0. The third-order valence-electron chi connectivity index (χ3n) is 4.43. The Bertz CT molecular complexity index is 804. The molecule has 0 unspecified atom stereocenters. The number of nitrogens with zero attached hydrogens (tertiary/aromatic N) is 1. The fourth-order valence-corrected chi connectivity index (χ4v) is 3.56. The number of carbonyl (C=O) groups excluding carboxylic acids is 2. The van der Waals surface area contributed by atoms with Gasteiger partial charge in [-0.25, -0.2) is 0 Å². The zero-order chi connectivity index (χ0) is 16.8. The number of aromatic nitrogens is 1. The molecule has 0 spiro atoms. The first kappa shape index (κ1) is 15.6. The molecule has 3 heteroatoms. The molecule has 23 heavy (non-hydrogen) atoms. The van der Waals surface area contributed by atoms with Crippen molar-refractivity contribution in [3.63, 3.8) is 0 Å². The summed E-state index contributed by atoms with van der Waals surface area (Å²) in [6, 6.07) is 9.70. The highest BCUT2D eigenvalue weighted by Gasteiger charge is 2.35. The van der Waals surface area contributed by atoms with E-state index >= 15 is 0 Å². The normalized spacial score (nSPS) is 16.1. The maximum atomic E-state index is 12.8. The number of fused-ring (bicyclic) bond motifs is 1. The summed E-state index contributed by atoms with van der Waals surface area (Å²) in [5.41, 5.74) is 4.34. The molecule has 0 bridgehead atoms. The second-order valence-corrected chi connectivity index (χ2v) is 7.13. The van der Waals surface area contributed by atoms with E-state index in [9.17, 15) is 9.59 Å². The predicted octanol–water partition coefficient (Wildman–Crippen LogP) is 4.41. The largest absolute Gasteiger partial charge is 0.294 e. The molecule has 0 aliphatic heterocycles. The quantitative estimate of drug-likeness (QED) is 0.772. The van der Waals surface area contributed by atoms with Gasteiger partial charge in [0.25, 0.3) is 0 Å². The average Bonchev–Trinajstić information content (AvgIpc) is 2.44. The van der Waals surface area contributed by atoms with Gasteiger partial charge in [-0.15, -0.1) is 0 Å². The molecule has 0 saturated heterocycles. The number of pyridine rings is 1. The smallest absolute Gasteiger partial charge is 0.165 e. The van der Waals surface area contributed by atoms with Gasteiger partial charge in [-0.3, -0.25) is 14.6 Å². The molecule has 1 aromatic heterocycles. The van der Waals surface area contributed by atoms with Crippen LogP contribution in [0.2, 0.25) is 0 Å². The van der Waals surface area contributed by atoms with Crippen molar-refractivity contribution in [2.75, 3.05) is 0 Å². The number of benzene rings is 1. The molecule has 1 aromatic carbocycles. The summed E-state index contributed by atoms with van der Waals surface area (Å²) >= 11 is 0. The molecule has 3 rings (SSSR count). The van der Waals surface area contributed by atoms with Crippen molar-refractivity contribution in [1.82, 2.24) is 4.98 Å². The number of aryl methyl sites for hydroxylation is 1. The van der Waals surface area contributed by atoms with E-state index < -0.39 is 0 Å². The highest BCUT2D eigenvalue weighted by molar-refractivity contribution is 6.11. The average molecular weight is 307 g/mol. The van der Waals surface area contributed by atoms with Crippen molar-refractivity contribution in [2.24, 2.45) is 5.41 Å². The van der Waals surface area contributed by atoms with Crippen LogP contribution in [-0.4, -0.2) is 16.6 Å². The first-order valence-corrected chi connectivity index (χ1v) is 7.93. The van der Waals surface area contributed by atoms with Gasteiger partial charge < -0.3 is 0 Å². The van der Waals surface area contributed by atoms with Crippen LogP contribution in [0, 0.1) is 12.3 Å². The lowest BCUT2D eigenvalue weighted by Gasteiger charge is -2.31. The van der Waals surface area contributed by atoms with Crippen molar-refractivity contribution in [1.29, 1.82) is 0 Å². The van der Waals surface area contributed by atoms with Crippen LogP contribution >= 0.6 is 0 Å². The zero-order valence-corrected chi connectivity index (χ0v) is 14.1. The van der Waals surface area contributed by atoms with Gasteiger partial charge >= 0.3 is 0 Å². The van der Waals surface area contributed by atoms with E-state index in [4.69, 9.17) is 0 Å². The van der Waals surface area contributed by atoms with E-state index in [1.807, 2.05) is 37.3 Å². The van der Waals surface area contributed by atoms with E-state index in [0.717, 1.165) is 23.2 Å². The number of hydrogen-bond acceptors (Lipinski definition) is 3. The molecular formula is C20H21NO2. The molecule has 118 valence electrons. The van der Waals surface area contributed by atoms with Crippen LogP contribution in [0.1, 0.15) is 59.3 Å². The van der Waals surface area contributed by atoms with Crippen LogP contribution in [0.15, 0.2) is 30.3 Å². The number of carbonyl (C=O) groups is 2. The summed E-state index contributed by atoms with van der Waals surface area (Å²) in [6.07, 6.45) is 1.24. The number of rotatable bonds is 2. The Morgan fingerprint density at radius 3 is 2.35 bits per heavy atom. The van der Waals surface area contributed by atoms with E-state index in [1.165, 1.54) is 0 Å². The second kappa shape index (κ2) is 5.41. The third-order valence-corrected chi connectivity index (χ3v) is 4.43. The fourth-order valence-electron chi connectivity index (χ4n) is 3.56. The molecule has 1 aliphatic rings. The van der Waals surface area contributed by atoms with Crippen LogP contribution in [0.25, 0.3) is 11.1 Å². The van der Waals surface area contributed by atoms with Gasteiger partial charge in [0.1, 0.15) is 0 Å². The lowest BCUT2D eigenvalue weighted by atomic mass is 9.73. The first-order valence-electron chi connectivity index (χ1n) is 7.93. The van der Waals surface area contributed by atoms with Crippen LogP contribution in [0.3, 0.4) is 0 Å². The Hall–Kier alpha value is -2.29. The fraction of sp³-hybridized carbons (Fsp3) is 0.350. The number of Topliss-reactive ketones (excluding diaryl/α,β-unsaturated/α-hetero) is 2. The summed E-state index contributed by atoms with van der Waals surface area (Å²) in [5, 5.41) is 0. The number of hydrogen-bond donors (Lipinski definition) is 0. The summed E-state index contributed by atoms with van der Waals surface area (Å²) in [5.74, 6) is 0.0411. The Morgan fingerprint density at radius 1 is 1.09 bits per heavy atom. The van der Waals surface area contributed by atoms with Crippen molar-refractivity contribution in [2.45, 2.75) is 40.5 Å². The molecule has 0 atom stereocenters.